The molecule has 0 bridgehead atoms. The summed E-state index contributed by atoms with van der Waals surface area (Å²) in [5.41, 5.74) is -0.556. The monoisotopic (exact) mass is 130 g/mol. The Labute approximate surface area is 55.3 Å². The van der Waals surface area contributed by atoms with Crippen molar-refractivity contribution in [3.8, 4) is 0 Å². The predicted molar refractivity (Wildman–Crippen MR) is 39.0 cm³/mol. The molecule has 0 aromatic carbocycles. The van der Waals surface area contributed by atoms with Gasteiger partial charge in [0.1, 0.15) is 0 Å². The van der Waals surface area contributed by atoms with Crippen LogP contribution in [0.1, 0.15) is 27.7 Å². The van der Waals surface area contributed by atoms with Crippen molar-refractivity contribution in [3.63, 3.8) is 0 Å². The van der Waals surface area contributed by atoms with Crippen LogP contribution in [0.2, 0.25) is 0 Å². The zero-order valence-corrected chi connectivity index (χ0v) is 6.39. The number of hydrogen-bond donors (Lipinski definition) is 0. The highest BCUT2D eigenvalue weighted by atomic mass is 16.2. The summed E-state index contributed by atoms with van der Waals surface area (Å²) in [6.07, 6.45) is 0. The van der Waals surface area contributed by atoms with E-state index in [9.17, 15) is 0 Å². The van der Waals surface area contributed by atoms with Crippen molar-refractivity contribution in [3.05, 3.63) is 0 Å². The summed E-state index contributed by atoms with van der Waals surface area (Å²) in [7, 11) is 0. The van der Waals surface area contributed by atoms with Gasteiger partial charge in [-0.15, -0.1) is 0 Å². The lowest BCUT2D eigenvalue weighted by atomic mass is 9.85. The molecule has 2 heteroatoms. The van der Waals surface area contributed by atoms with Gasteiger partial charge in [-0.1, -0.05) is 0 Å². The molecule has 0 rings (SSSR count). The van der Waals surface area contributed by atoms with Crippen LogP contribution in [-0.2, 0) is 0 Å². The molecule has 0 unspecified atom stereocenters. The van der Waals surface area contributed by atoms with E-state index in [-0.39, 0.29) is 11.6 Å². The summed E-state index contributed by atoms with van der Waals surface area (Å²) in [6.45, 7) is 6.69. The first-order valence-corrected chi connectivity index (χ1v) is 2.95. The van der Waals surface area contributed by atoms with Crippen LogP contribution >= 0.6 is 0 Å². The Morgan fingerprint density at radius 3 is 1.22 bits per heavy atom. The van der Waals surface area contributed by atoms with Gasteiger partial charge in [0.15, 0.2) is 5.41 Å². The third-order valence-electron chi connectivity index (χ3n) is 1.81. The highest BCUT2D eigenvalue weighted by Gasteiger charge is 2.39. The third kappa shape index (κ3) is 1.63. The number of hydrogen-bond acceptors (Lipinski definition) is 0. The molecule has 0 aliphatic carbocycles. The van der Waals surface area contributed by atoms with Gasteiger partial charge in [-0.2, -0.15) is 0 Å². The van der Waals surface area contributed by atoms with E-state index in [0.29, 0.717) is 0 Å². The van der Waals surface area contributed by atoms with Crippen LogP contribution in [0.3, 0.4) is 0 Å². The summed E-state index contributed by atoms with van der Waals surface area (Å²) in [5, 5.41) is 0. The summed E-state index contributed by atoms with van der Waals surface area (Å²) < 4.78 is 0. The van der Waals surface area contributed by atoms with Gasteiger partial charge in [0.25, 0.3) is 0 Å². The van der Waals surface area contributed by atoms with Crippen LogP contribution in [0, 0.1) is 5.41 Å². The molecular weight excluding hydrogens is 116 g/mol. The fraction of sp³-hybridized carbons (Fsp3) is 0.714. The standard InChI is InChI=1S/C7H12O2/c1-5(8)7(3,4)6(2)9/h1-4H3/p+2. The highest BCUT2D eigenvalue weighted by Crippen LogP contribution is 2.16. The zero-order chi connectivity index (χ0) is 7.65. The molecule has 52 valence electrons. The number of rotatable bonds is 2. The fourth-order valence-corrected chi connectivity index (χ4v) is 0.262. The molecule has 0 aliphatic heterocycles. The molecule has 0 aromatic heterocycles. The summed E-state index contributed by atoms with van der Waals surface area (Å²) >= 11 is 0. The maximum atomic E-state index is 8.99. The Hall–Kier alpha value is -0.660. The molecule has 0 heterocycles. The Balaban J connectivity index is 4.38. The molecule has 0 amide bonds. The minimum absolute atomic E-state index is 0.238. The van der Waals surface area contributed by atoms with Crippen LogP contribution in [-0.4, -0.2) is 21.2 Å². The van der Waals surface area contributed by atoms with E-state index < -0.39 is 5.41 Å². The second-order valence-electron chi connectivity index (χ2n) is 2.80. The van der Waals surface area contributed by atoms with Crippen molar-refractivity contribution in [1.29, 1.82) is 0 Å². The van der Waals surface area contributed by atoms with E-state index in [1.165, 1.54) is 0 Å². The van der Waals surface area contributed by atoms with Crippen LogP contribution in [0.15, 0.2) is 0 Å². The van der Waals surface area contributed by atoms with E-state index in [0.717, 1.165) is 0 Å². The molecule has 0 atom stereocenters. The maximum Gasteiger partial charge on any atom is 0.308 e. The molecule has 2 N–H and O–H groups in total. The van der Waals surface area contributed by atoms with Crippen molar-refractivity contribution in [2.45, 2.75) is 27.7 Å². The average molecular weight is 130 g/mol. The van der Waals surface area contributed by atoms with Gasteiger partial charge < -0.3 is 0 Å². The average Bonchev–Trinajstić information content (AvgIpc) is 1.65. The van der Waals surface area contributed by atoms with Crippen LogP contribution in [0.4, 0.5) is 0 Å². The van der Waals surface area contributed by atoms with Crippen molar-refractivity contribution in [2.24, 2.45) is 5.41 Å². The van der Waals surface area contributed by atoms with E-state index >= 15 is 0 Å². The van der Waals surface area contributed by atoms with Crippen molar-refractivity contribution >= 4 is 11.6 Å². The second-order valence-corrected chi connectivity index (χ2v) is 2.80. The lowest BCUT2D eigenvalue weighted by molar-refractivity contribution is 0.533. The fourth-order valence-electron chi connectivity index (χ4n) is 0.262. The maximum absolute atomic E-state index is 8.99. The van der Waals surface area contributed by atoms with Crippen LogP contribution < -0.4 is 0 Å². The molecule has 0 aliphatic rings. The van der Waals surface area contributed by atoms with Gasteiger partial charge in [0.05, 0.1) is 0 Å². The van der Waals surface area contributed by atoms with Gasteiger partial charge in [0, 0.05) is 13.8 Å². The SMILES string of the molecule is CC(=[OH+])C(C)(C)C(C)=[OH+]. The number of ketones is 2. The van der Waals surface area contributed by atoms with Gasteiger partial charge in [-0.05, 0) is 13.8 Å². The van der Waals surface area contributed by atoms with Crippen molar-refractivity contribution in [2.75, 3.05) is 0 Å². The first-order valence-electron chi connectivity index (χ1n) is 2.95. The van der Waals surface area contributed by atoms with Crippen LogP contribution in [0.25, 0.3) is 0 Å². The quantitative estimate of drug-likeness (QED) is 0.397. The first kappa shape index (κ1) is 8.34. The highest BCUT2D eigenvalue weighted by molar-refractivity contribution is 6.05. The normalized spacial score (nSPS) is 11.1. The molecule has 0 saturated carbocycles. The van der Waals surface area contributed by atoms with Gasteiger partial charge in [-0.3, -0.25) is 9.59 Å². The van der Waals surface area contributed by atoms with Gasteiger partial charge in [-0.25, -0.2) is 0 Å². The Morgan fingerprint density at radius 1 is 1.00 bits per heavy atom. The molecule has 0 spiro atoms. The Kier molecular flexibility index (Phi) is 2.13. The molecule has 0 aromatic rings. The van der Waals surface area contributed by atoms with Crippen molar-refractivity contribution in [1.82, 2.24) is 0 Å². The summed E-state index contributed by atoms with van der Waals surface area (Å²) in [5.74, 6) is 0.477. The molecule has 2 nitrogen and oxygen atoms in total. The smallest absolute Gasteiger partial charge is 0.283 e. The van der Waals surface area contributed by atoms with E-state index in [1.54, 1.807) is 27.7 Å². The molecule has 0 radical (unpaired) electrons. The second kappa shape index (κ2) is 2.29. The molecule has 9 heavy (non-hydrogen) atoms. The largest absolute Gasteiger partial charge is 0.308 e. The molecule has 0 fully saturated rings. The van der Waals surface area contributed by atoms with Gasteiger partial charge >= 0.3 is 11.6 Å². The van der Waals surface area contributed by atoms with E-state index in [1.807, 2.05) is 0 Å². The summed E-state index contributed by atoms with van der Waals surface area (Å²) in [4.78, 5) is 18.0. The minimum atomic E-state index is -0.556. The van der Waals surface area contributed by atoms with Crippen molar-refractivity contribution < 1.29 is 9.59 Å². The Morgan fingerprint density at radius 2 is 1.22 bits per heavy atom. The molecule has 0 saturated heterocycles. The minimum Gasteiger partial charge on any atom is -0.283 e. The summed E-state index contributed by atoms with van der Waals surface area (Å²) in [6, 6.07) is 0. The first-order chi connectivity index (χ1) is 3.89. The number of carbonyl (C=O) groups excluding carboxylic acids is 2. The lowest BCUT2D eigenvalue weighted by Gasteiger charge is -2.05. The Bertz CT molecular complexity index is 129. The zero-order valence-electron chi connectivity index (χ0n) is 6.39. The third-order valence-corrected chi connectivity index (χ3v) is 1.81. The molecular formula is C7H14O2+2. The van der Waals surface area contributed by atoms with Gasteiger partial charge in [0.2, 0.25) is 0 Å². The topological polar surface area (TPSA) is 42.8 Å². The van der Waals surface area contributed by atoms with E-state index in [2.05, 4.69) is 0 Å². The van der Waals surface area contributed by atoms with E-state index in [4.69, 9.17) is 9.59 Å². The lowest BCUT2D eigenvalue weighted by Crippen LogP contribution is -2.29. The predicted octanol–water partition coefficient (Wildman–Crippen LogP) is 1.14. The van der Waals surface area contributed by atoms with Crippen LogP contribution in [0.5, 0.6) is 0 Å².